The predicted molar refractivity (Wildman–Crippen MR) is 81.3 cm³/mol. The zero-order chi connectivity index (χ0) is 13.0. The van der Waals surface area contributed by atoms with Crippen molar-refractivity contribution >= 4 is 33.0 Å². The summed E-state index contributed by atoms with van der Waals surface area (Å²) >= 11 is 5.27. The molecule has 0 unspecified atom stereocenters. The third-order valence-corrected chi connectivity index (χ3v) is 7.55. The third kappa shape index (κ3) is 2.13. The van der Waals surface area contributed by atoms with Crippen LogP contribution < -0.4 is 0 Å². The van der Waals surface area contributed by atoms with E-state index in [-0.39, 0.29) is 0 Å². The summed E-state index contributed by atoms with van der Waals surface area (Å²) in [7, 11) is 0. The van der Waals surface area contributed by atoms with E-state index in [4.69, 9.17) is 0 Å². The Morgan fingerprint density at radius 1 is 1.16 bits per heavy atom. The van der Waals surface area contributed by atoms with Gasteiger partial charge in [0.2, 0.25) is 0 Å². The number of hydrogen-bond acceptors (Lipinski definition) is 2. The van der Waals surface area contributed by atoms with Gasteiger partial charge >= 0.3 is 0 Å². The van der Waals surface area contributed by atoms with Crippen molar-refractivity contribution in [2.45, 2.75) is 38.5 Å². The Balaban J connectivity index is 1.53. The van der Waals surface area contributed by atoms with E-state index in [1.54, 1.807) is 11.3 Å². The highest BCUT2D eigenvalue weighted by atomic mass is 79.9. The molecule has 0 amide bonds. The van der Waals surface area contributed by atoms with Crippen molar-refractivity contribution in [3.05, 3.63) is 20.8 Å². The van der Waals surface area contributed by atoms with E-state index in [1.807, 2.05) is 0 Å². The standard InChI is InChI=1S/C16H19BrOS/c17-13-1-2-19-15(13)8-14(18)16-11-4-9-3-10(6-11)7-12(16)5-9/h1-2,9-12,16H,3-8H2. The van der Waals surface area contributed by atoms with Gasteiger partial charge in [-0.1, -0.05) is 0 Å². The largest absolute Gasteiger partial charge is 0.299 e. The van der Waals surface area contributed by atoms with Crippen LogP contribution >= 0.6 is 27.3 Å². The second-order valence-electron chi connectivity index (χ2n) is 6.79. The first-order valence-electron chi connectivity index (χ1n) is 7.45. The molecule has 5 rings (SSSR count). The van der Waals surface area contributed by atoms with Crippen molar-refractivity contribution in [2.75, 3.05) is 0 Å². The van der Waals surface area contributed by atoms with E-state index in [2.05, 4.69) is 27.4 Å². The molecule has 0 aliphatic heterocycles. The quantitative estimate of drug-likeness (QED) is 0.780. The first-order valence-corrected chi connectivity index (χ1v) is 9.12. The summed E-state index contributed by atoms with van der Waals surface area (Å²) < 4.78 is 1.12. The normalized spacial score (nSPS) is 39.7. The minimum Gasteiger partial charge on any atom is -0.299 e. The molecule has 0 aromatic carbocycles. The molecule has 4 bridgehead atoms. The SMILES string of the molecule is O=C(Cc1sccc1Br)C1C2CC3CC(C2)CC1C3. The molecule has 3 heteroatoms. The highest BCUT2D eigenvalue weighted by Gasteiger charge is 2.50. The Labute approximate surface area is 126 Å². The Hall–Kier alpha value is -0.150. The summed E-state index contributed by atoms with van der Waals surface area (Å²) in [5, 5.41) is 2.07. The smallest absolute Gasteiger partial charge is 0.141 e. The van der Waals surface area contributed by atoms with Crippen LogP contribution in [0.2, 0.25) is 0 Å². The van der Waals surface area contributed by atoms with E-state index in [1.165, 1.54) is 37.0 Å². The van der Waals surface area contributed by atoms with Crippen molar-refractivity contribution in [2.24, 2.45) is 29.6 Å². The van der Waals surface area contributed by atoms with Crippen LogP contribution in [0, 0.1) is 29.6 Å². The van der Waals surface area contributed by atoms with Crippen LogP contribution in [-0.2, 0) is 11.2 Å². The van der Waals surface area contributed by atoms with Crippen molar-refractivity contribution in [3.8, 4) is 0 Å². The number of hydrogen-bond donors (Lipinski definition) is 0. The van der Waals surface area contributed by atoms with Gasteiger partial charge in [-0.15, -0.1) is 11.3 Å². The van der Waals surface area contributed by atoms with Crippen molar-refractivity contribution < 1.29 is 4.79 Å². The molecule has 4 aliphatic rings. The molecule has 1 nitrogen and oxygen atoms in total. The van der Waals surface area contributed by atoms with Crippen LogP contribution in [0.25, 0.3) is 0 Å². The maximum absolute atomic E-state index is 12.7. The first kappa shape index (κ1) is 12.6. The molecule has 1 heterocycles. The van der Waals surface area contributed by atoms with Crippen LogP contribution in [0.4, 0.5) is 0 Å². The lowest BCUT2D eigenvalue weighted by Gasteiger charge is -2.53. The molecule has 0 radical (unpaired) electrons. The summed E-state index contributed by atoms with van der Waals surface area (Å²) in [6.07, 6.45) is 7.49. The topological polar surface area (TPSA) is 17.1 Å². The summed E-state index contributed by atoms with van der Waals surface area (Å²) in [4.78, 5) is 14.0. The monoisotopic (exact) mass is 338 g/mol. The second kappa shape index (κ2) is 4.70. The number of halogens is 1. The average Bonchev–Trinajstić information content (AvgIpc) is 2.73. The molecule has 0 N–H and O–H groups in total. The summed E-state index contributed by atoms with van der Waals surface area (Å²) in [6.45, 7) is 0. The predicted octanol–water partition coefficient (Wildman–Crippen LogP) is 4.69. The molecule has 4 saturated carbocycles. The van der Waals surface area contributed by atoms with Crippen molar-refractivity contribution in [1.29, 1.82) is 0 Å². The van der Waals surface area contributed by atoms with Gasteiger partial charge in [0.05, 0.1) is 0 Å². The summed E-state index contributed by atoms with van der Waals surface area (Å²) in [5.74, 6) is 4.28. The number of carbonyl (C=O) groups is 1. The first-order chi connectivity index (χ1) is 9.20. The molecule has 0 saturated heterocycles. The fraction of sp³-hybridized carbons (Fsp3) is 0.688. The minimum absolute atomic E-state index is 0.391. The summed E-state index contributed by atoms with van der Waals surface area (Å²) in [6, 6.07) is 2.06. The second-order valence-corrected chi connectivity index (χ2v) is 8.65. The summed E-state index contributed by atoms with van der Waals surface area (Å²) in [5.41, 5.74) is 0. The molecule has 1 aromatic heterocycles. The fourth-order valence-electron chi connectivity index (χ4n) is 5.18. The molecule has 4 aliphatic carbocycles. The fourth-order valence-corrected chi connectivity index (χ4v) is 6.68. The Morgan fingerprint density at radius 2 is 1.79 bits per heavy atom. The van der Waals surface area contributed by atoms with Gasteiger partial charge in [0, 0.05) is 21.7 Å². The Bertz CT molecular complexity index is 479. The van der Waals surface area contributed by atoms with Gasteiger partial charge in [-0.3, -0.25) is 4.79 Å². The maximum atomic E-state index is 12.7. The van der Waals surface area contributed by atoms with Crippen LogP contribution in [-0.4, -0.2) is 5.78 Å². The maximum Gasteiger partial charge on any atom is 0.141 e. The highest BCUT2D eigenvalue weighted by molar-refractivity contribution is 9.10. The van der Waals surface area contributed by atoms with Gasteiger partial charge in [0.15, 0.2) is 0 Å². The van der Waals surface area contributed by atoms with E-state index in [0.717, 1.165) is 28.1 Å². The molecule has 4 fully saturated rings. The zero-order valence-electron chi connectivity index (χ0n) is 11.0. The van der Waals surface area contributed by atoms with Gasteiger partial charge in [-0.2, -0.15) is 0 Å². The molecular weight excluding hydrogens is 320 g/mol. The zero-order valence-corrected chi connectivity index (χ0v) is 13.4. The van der Waals surface area contributed by atoms with E-state index < -0.39 is 0 Å². The third-order valence-electron chi connectivity index (χ3n) is 5.62. The molecular formula is C16H19BrOS. The van der Waals surface area contributed by atoms with Gasteiger partial charge in [0.1, 0.15) is 5.78 Å². The number of rotatable bonds is 3. The minimum atomic E-state index is 0.391. The van der Waals surface area contributed by atoms with Crippen LogP contribution in [0.15, 0.2) is 15.9 Å². The number of ketones is 1. The van der Waals surface area contributed by atoms with Crippen molar-refractivity contribution in [1.82, 2.24) is 0 Å². The van der Waals surface area contributed by atoms with Crippen LogP contribution in [0.5, 0.6) is 0 Å². The number of Topliss-reactive ketones (excluding diaryl/α,β-unsaturated/α-hetero) is 1. The van der Waals surface area contributed by atoms with E-state index in [9.17, 15) is 4.79 Å². The lowest BCUT2D eigenvalue weighted by molar-refractivity contribution is -0.135. The van der Waals surface area contributed by atoms with Gasteiger partial charge in [-0.05, 0) is 83.2 Å². The Morgan fingerprint density at radius 3 is 2.32 bits per heavy atom. The number of carbonyl (C=O) groups excluding carboxylic acids is 1. The Kier molecular flexibility index (Phi) is 3.11. The van der Waals surface area contributed by atoms with E-state index in [0.29, 0.717) is 18.1 Å². The molecule has 102 valence electrons. The van der Waals surface area contributed by atoms with Crippen LogP contribution in [0.3, 0.4) is 0 Å². The van der Waals surface area contributed by atoms with Gasteiger partial charge < -0.3 is 0 Å². The number of thiophene rings is 1. The van der Waals surface area contributed by atoms with Gasteiger partial charge in [-0.25, -0.2) is 0 Å². The van der Waals surface area contributed by atoms with Crippen LogP contribution in [0.1, 0.15) is 37.0 Å². The highest BCUT2D eigenvalue weighted by Crippen LogP contribution is 2.56. The lowest BCUT2D eigenvalue weighted by atomic mass is 9.51. The molecule has 0 spiro atoms. The lowest BCUT2D eigenvalue weighted by Crippen LogP contribution is -2.48. The average molecular weight is 339 g/mol. The van der Waals surface area contributed by atoms with E-state index >= 15 is 0 Å². The molecule has 0 atom stereocenters. The van der Waals surface area contributed by atoms with Crippen molar-refractivity contribution in [3.63, 3.8) is 0 Å². The van der Waals surface area contributed by atoms with Gasteiger partial charge in [0.25, 0.3) is 0 Å². The molecule has 1 aromatic rings. The molecule has 19 heavy (non-hydrogen) atoms.